The predicted molar refractivity (Wildman–Crippen MR) is 104 cm³/mol. The molecule has 0 atom stereocenters. The molecule has 26 heavy (non-hydrogen) atoms. The third kappa shape index (κ3) is 3.05. The Hall–Kier alpha value is -2.14. The number of carbonyl (C=O) groups excluding carboxylic acids is 2. The highest BCUT2D eigenvalue weighted by Gasteiger charge is 2.28. The van der Waals surface area contributed by atoms with E-state index in [1.54, 1.807) is 11.3 Å². The van der Waals surface area contributed by atoms with E-state index >= 15 is 0 Å². The first-order chi connectivity index (χ1) is 12.5. The molecule has 2 heterocycles. The Balaban J connectivity index is 1.49. The molecule has 1 aliphatic heterocycles. The summed E-state index contributed by atoms with van der Waals surface area (Å²) in [7, 11) is 0. The summed E-state index contributed by atoms with van der Waals surface area (Å²) in [6.45, 7) is 6.36. The topological polar surface area (TPSA) is 40.6 Å². The lowest BCUT2D eigenvalue weighted by Gasteiger charge is -2.35. The molecule has 0 unspecified atom stereocenters. The average Bonchev–Trinajstić information content (AvgIpc) is 3.11. The van der Waals surface area contributed by atoms with E-state index in [2.05, 4.69) is 30.3 Å². The normalized spacial score (nSPS) is 16.4. The standard InChI is InChI=1S/C21H24N2O2S/c1-14(2)20(24)22-9-11-23(12-10-22)21(25)18-13-16-8-7-15-5-3-4-6-17(15)19(16)26-18/h3-6,13-14H,7-12H2,1-2H3. The number of aryl methyl sites for hydroxylation is 2. The highest BCUT2D eigenvalue weighted by atomic mass is 32.1. The van der Waals surface area contributed by atoms with Crippen molar-refractivity contribution in [3.05, 3.63) is 46.3 Å². The van der Waals surface area contributed by atoms with Crippen molar-refractivity contribution in [3.8, 4) is 10.4 Å². The van der Waals surface area contributed by atoms with E-state index in [1.165, 1.54) is 21.6 Å². The van der Waals surface area contributed by atoms with Crippen molar-refractivity contribution in [2.75, 3.05) is 26.2 Å². The smallest absolute Gasteiger partial charge is 0.264 e. The summed E-state index contributed by atoms with van der Waals surface area (Å²) >= 11 is 1.62. The predicted octanol–water partition coefficient (Wildman–Crippen LogP) is 3.45. The van der Waals surface area contributed by atoms with Crippen LogP contribution in [0.4, 0.5) is 0 Å². The van der Waals surface area contributed by atoms with Crippen molar-refractivity contribution in [1.29, 1.82) is 0 Å². The third-order valence-electron chi connectivity index (χ3n) is 5.32. The van der Waals surface area contributed by atoms with Crippen LogP contribution in [0.3, 0.4) is 0 Å². The number of benzene rings is 1. The summed E-state index contributed by atoms with van der Waals surface area (Å²) in [5, 5.41) is 0. The van der Waals surface area contributed by atoms with Crippen LogP contribution in [-0.4, -0.2) is 47.8 Å². The maximum Gasteiger partial charge on any atom is 0.264 e. The van der Waals surface area contributed by atoms with E-state index in [0.29, 0.717) is 26.2 Å². The second-order valence-electron chi connectivity index (χ2n) is 7.39. The van der Waals surface area contributed by atoms with Gasteiger partial charge in [-0.1, -0.05) is 38.1 Å². The molecule has 0 bridgehead atoms. The Morgan fingerprint density at radius 3 is 2.35 bits per heavy atom. The second-order valence-corrected chi connectivity index (χ2v) is 8.45. The zero-order valence-electron chi connectivity index (χ0n) is 15.3. The van der Waals surface area contributed by atoms with Gasteiger partial charge in [0.2, 0.25) is 5.91 Å². The first-order valence-corrected chi connectivity index (χ1v) is 10.2. The van der Waals surface area contributed by atoms with E-state index < -0.39 is 0 Å². The zero-order chi connectivity index (χ0) is 18.3. The molecule has 5 heteroatoms. The monoisotopic (exact) mass is 368 g/mol. The van der Waals surface area contributed by atoms with Gasteiger partial charge in [-0.25, -0.2) is 0 Å². The SMILES string of the molecule is CC(C)C(=O)N1CCN(C(=O)c2cc3c(s2)-c2ccccc2CC3)CC1. The molecule has 2 amide bonds. The molecule has 0 saturated carbocycles. The first kappa shape index (κ1) is 17.3. The van der Waals surface area contributed by atoms with E-state index in [1.807, 2.05) is 23.6 Å². The van der Waals surface area contributed by atoms with Crippen LogP contribution in [0.1, 0.15) is 34.6 Å². The maximum absolute atomic E-state index is 13.0. The molecule has 1 aliphatic carbocycles. The van der Waals surface area contributed by atoms with Crippen molar-refractivity contribution in [2.45, 2.75) is 26.7 Å². The molecule has 0 radical (unpaired) electrons. The van der Waals surface area contributed by atoms with E-state index in [4.69, 9.17) is 0 Å². The Bertz CT molecular complexity index is 847. The van der Waals surface area contributed by atoms with Gasteiger partial charge in [0.15, 0.2) is 0 Å². The van der Waals surface area contributed by atoms with Crippen LogP contribution in [0.2, 0.25) is 0 Å². The van der Waals surface area contributed by atoms with Gasteiger partial charge < -0.3 is 9.80 Å². The van der Waals surface area contributed by atoms with E-state index in [-0.39, 0.29) is 17.7 Å². The lowest BCUT2D eigenvalue weighted by atomic mass is 9.91. The van der Waals surface area contributed by atoms with Crippen molar-refractivity contribution < 1.29 is 9.59 Å². The molecule has 136 valence electrons. The Morgan fingerprint density at radius 1 is 0.962 bits per heavy atom. The van der Waals surface area contributed by atoms with Crippen LogP contribution in [-0.2, 0) is 17.6 Å². The van der Waals surface area contributed by atoms with Gasteiger partial charge in [0.05, 0.1) is 4.88 Å². The zero-order valence-corrected chi connectivity index (χ0v) is 16.1. The molecule has 4 rings (SSSR count). The van der Waals surface area contributed by atoms with Gasteiger partial charge in [-0.15, -0.1) is 11.3 Å². The van der Waals surface area contributed by atoms with Crippen molar-refractivity contribution in [2.24, 2.45) is 5.92 Å². The van der Waals surface area contributed by atoms with Gasteiger partial charge in [-0.2, -0.15) is 0 Å². The molecule has 1 saturated heterocycles. The summed E-state index contributed by atoms with van der Waals surface area (Å²) < 4.78 is 0. The van der Waals surface area contributed by atoms with Crippen LogP contribution >= 0.6 is 11.3 Å². The second kappa shape index (κ2) is 6.88. The highest BCUT2D eigenvalue weighted by molar-refractivity contribution is 7.17. The van der Waals surface area contributed by atoms with Crippen LogP contribution in [0.15, 0.2) is 30.3 Å². The number of thiophene rings is 1. The first-order valence-electron chi connectivity index (χ1n) is 9.33. The number of carbonyl (C=O) groups is 2. The van der Waals surface area contributed by atoms with Gasteiger partial charge in [-0.3, -0.25) is 9.59 Å². The minimum atomic E-state index is 0.0151. The molecule has 1 fully saturated rings. The quantitative estimate of drug-likeness (QED) is 0.815. The summed E-state index contributed by atoms with van der Waals surface area (Å²) in [5.41, 5.74) is 3.96. The fraction of sp³-hybridized carbons (Fsp3) is 0.429. The van der Waals surface area contributed by atoms with Crippen LogP contribution in [0, 0.1) is 5.92 Å². The van der Waals surface area contributed by atoms with Crippen molar-refractivity contribution in [1.82, 2.24) is 9.80 Å². The third-order valence-corrected chi connectivity index (χ3v) is 6.52. The van der Waals surface area contributed by atoms with Crippen molar-refractivity contribution >= 4 is 23.2 Å². The molecule has 2 aromatic rings. The lowest BCUT2D eigenvalue weighted by Crippen LogP contribution is -2.51. The summed E-state index contributed by atoms with van der Waals surface area (Å²) in [6, 6.07) is 10.6. The molecule has 4 nitrogen and oxygen atoms in total. The summed E-state index contributed by atoms with van der Waals surface area (Å²) in [6.07, 6.45) is 2.05. The fourth-order valence-corrected chi connectivity index (χ4v) is 5.07. The number of amides is 2. The largest absolute Gasteiger partial charge is 0.339 e. The van der Waals surface area contributed by atoms with Gasteiger partial charge in [0.25, 0.3) is 5.91 Å². The Kier molecular flexibility index (Phi) is 4.57. The minimum absolute atomic E-state index is 0.0151. The Morgan fingerprint density at radius 2 is 1.62 bits per heavy atom. The number of fused-ring (bicyclic) bond motifs is 3. The summed E-state index contributed by atoms with van der Waals surface area (Å²) in [5.74, 6) is 0.306. The lowest BCUT2D eigenvalue weighted by molar-refractivity contribution is -0.135. The van der Waals surface area contributed by atoms with Crippen LogP contribution < -0.4 is 0 Å². The van der Waals surface area contributed by atoms with Crippen molar-refractivity contribution in [3.63, 3.8) is 0 Å². The molecule has 1 aromatic heterocycles. The number of piperazine rings is 1. The number of hydrogen-bond donors (Lipinski definition) is 0. The maximum atomic E-state index is 13.0. The number of nitrogens with zero attached hydrogens (tertiary/aromatic N) is 2. The average molecular weight is 369 g/mol. The van der Waals surface area contributed by atoms with E-state index in [9.17, 15) is 9.59 Å². The minimum Gasteiger partial charge on any atom is -0.339 e. The molecular weight excluding hydrogens is 344 g/mol. The van der Waals surface area contributed by atoms with Gasteiger partial charge >= 0.3 is 0 Å². The highest BCUT2D eigenvalue weighted by Crippen LogP contribution is 2.39. The van der Waals surface area contributed by atoms with Gasteiger partial charge in [-0.05, 0) is 35.6 Å². The van der Waals surface area contributed by atoms with Gasteiger partial charge in [0, 0.05) is 37.0 Å². The molecule has 2 aliphatic rings. The number of rotatable bonds is 2. The van der Waals surface area contributed by atoms with E-state index in [0.717, 1.165) is 17.7 Å². The molecule has 1 aromatic carbocycles. The molecule has 0 N–H and O–H groups in total. The Labute approximate surface area is 158 Å². The van der Waals surface area contributed by atoms with Crippen LogP contribution in [0.5, 0.6) is 0 Å². The number of hydrogen-bond acceptors (Lipinski definition) is 3. The summed E-state index contributed by atoms with van der Waals surface area (Å²) in [4.78, 5) is 30.9. The fourth-order valence-electron chi connectivity index (χ4n) is 3.83. The van der Waals surface area contributed by atoms with Crippen LogP contribution in [0.25, 0.3) is 10.4 Å². The van der Waals surface area contributed by atoms with Gasteiger partial charge in [0.1, 0.15) is 0 Å². The molecular formula is C21H24N2O2S. The molecule has 0 spiro atoms.